The van der Waals surface area contributed by atoms with Crippen LogP contribution in [0.25, 0.3) is 10.8 Å². The van der Waals surface area contributed by atoms with Crippen molar-refractivity contribution in [2.45, 2.75) is 38.3 Å². The minimum atomic E-state index is -0.0578. The molecule has 174 valence electrons. The van der Waals surface area contributed by atoms with Crippen LogP contribution >= 0.6 is 11.6 Å². The van der Waals surface area contributed by atoms with Crippen molar-refractivity contribution >= 4 is 28.7 Å². The molecule has 2 aromatic carbocycles. The average molecular weight is 469 g/mol. The molecular weight excluding hydrogens is 438 g/mol. The van der Waals surface area contributed by atoms with Crippen molar-refractivity contribution in [1.82, 2.24) is 9.78 Å². The van der Waals surface area contributed by atoms with E-state index in [1.165, 1.54) is 0 Å². The van der Waals surface area contributed by atoms with Crippen LogP contribution in [0.15, 0.2) is 53.3 Å². The molecule has 0 amide bonds. The number of methoxy groups -OCH3 is 1. The zero-order chi connectivity index (χ0) is 23.3. The van der Waals surface area contributed by atoms with Crippen LogP contribution in [0.5, 0.6) is 0 Å². The second kappa shape index (κ2) is 10.6. The Kier molecular flexibility index (Phi) is 7.58. The quantitative estimate of drug-likeness (QED) is 0.335. The Labute approximate surface area is 199 Å². The Morgan fingerprint density at radius 2 is 1.91 bits per heavy atom. The Bertz CT molecular complexity index is 1160. The lowest BCUT2D eigenvalue weighted by molar-refractivity contribution is -0.939. The molecule has 0 saturated carbocycles. The molecule has 6 nitrogen and oxygen atoms in total. The molecule has 0 radical (unpaired) electrons. The molecule has 33 heavy (non-hydrogen) atoms. The third-order valence-electron chi connectivity index (χ3n) is 6.96. The molecular formula is C26H31ClN3O3+. The molecule has 1 unspecified atom stereocenters. The second-order valence-corrected chi connectivity index (χ2v) is 9.35. The second-order valence-electron chi connectivity index (χ2n) is 8.92. The van der Waals surface area contributed by atoms with Gasteiger partial charge in [0.25, 0.3) is 5.56 Å². The van der Waals surface area contributed by atoms with Crippen LogP contribution in [-0.2, 0) is 22.5 Å². The molecule has 4 rings (SSSR count). The molecule has 1 fully saturated rings. The Balaban J connectivity index is 1.71. The fourth-order valence-electron chi connectivity index (χ4n) is 5.20. The van der Waals surface area contributed by atoms with E-state index >= 15 is 0 Å². The summed E-state index contributed by atoms with van der Waals surface area (Å²) in [5.74, 6) is 0. The van der Waals surface area contributed by atoms with Crippen LogP contribution in [0.2, 0.25) is 5.02 Å². The number of hydrogen-bond acceptors (Lipinski definition) is 4. The molecule has 1 aromatic heterocycles. The highest BCUT2D eigenvalue weighted by atomic mass is 35.5. The molecule has 3 aromatic rings. The molecule has 2 atom stereocenters. The lowest BCUT2D eigenvalue weighted by atomic mass is 10.0. The van der Waals surface area contributed by atoms with Crippen LogP contribution in [0, 0.1) is 0 Å². The summed E-state index contributed by atoms with van der Waals surface area (Å²) in [5.41, 5.74) is 1.92. The van der Waals surface area contributed by atoms with Crippen molar-refractivity contribution in [3.63, 3.8) is 0 Å². The van der Waals surface area contributed by atoms with Crippen molar-refractivity contribution in [2.75, 3.05) is 33.4 Å². The fourth-order valence-corrected chi connectivity index (χ4v) is 5.33. The summed E-state index contributed by atoms with van der Waals surface area (Å²) in [6.45, 7) is 3.80. The normalized spacial score (nSPS) is 20.4. The topological polar surface area (TPSA) is 61.2 Å². The van der Waals surface area contributed by atoms with Crippen molar-refractivity contribution < 1.29 is 14.0 Å². The smallest absolute Gasteiger partial charge is 0.274 e. The first-order chi connectivity index (χ1) is 16.1. The van der Waals surface area contributed by atoms with Gasteiger partial charge in [0.15, 0.2) is 0 Å². The van der Waals surface area contributed by atoms with Crippen LogP contribution < -0.4 is 5.56 Å². The number of carbonyl (C=O) groups excluding carboxylic acids is 1. The SMILES string of the molecule is COCC[N+]1(CCC=O)CCC[C@@H]1Cn1nc(Cc2ccc(Cl)cc2)c2ccccc2c1=O. The van der Waals surface area contributed by atoms with Crippen LogP contribution in [-0.4, -0.2) is 59.9 Å². The first kappa shape index (κ1) is 23.6. The zero-order valence-electron chi connectivity index (χ0n) is 19.1. The third-order valence-corrected chi connectivity index (χ3v) is 7.21. The van der Waals surface area contributed by atoms with Gasteiger partial charge in [-0.25, -0.2) is 4.68 Å². The Morgan fingerprint density at radius 3 is 2.64 bits per heavy atom. The lowest BCUT2D eigenvalue weighted by Gasteiger charge is -2.40. The number of hydrogen-bond donors (Lipinski definition) is 0. The van der Waals surface area contributed by atoms with Gasteiger partial charge in [0.1, 0.15) is 18.9 Å². The number of ether oxygens (including phenoxy) is 1. The summed E-state index contributed by atoms with van der Waals surface area (Å²) in [6.07, 6.45) is 4.22. The van der Waals surface area contributed by atoms with Gasteiger partial charge in [-0.1, -0.05) is 41.9 Å². The van der Waals surface area contributed by atoms with Gasteiger partial charge in [0, 0.05) is 36.8 Å². The number of carbonyl (C=O) groups is 1. The Hall–Kier alpha value is -2.54. The van der Waals surface area contributed by atoms with Gasteiger partial charge in [-0.3, -0.25) is 4.79 Å². The van der Waals surface area contributed by atoms with E-state index in [2.05, 4.69) is 0 Å². The van der Waals surface area contributed by atoms with E-state index in [0.717, 1.165) is 59.9 Å². The standard InChI is InChI=1S/C26H31ClN3O3/c1-33-17-15-30(14-5-16-31)13-4-6-22(30)19-29-26(32)24-8-3-2-7-23(24)25(28-29)18-20-9-11-21(27)12-10-20/h2-3,7-12,16,22H,4-6,13-15,17-19H2,1H3/q+1/t22-,30?/m1/s1. The number of benzene rings is 2. The van der Waals surface area contributed by atoms with Gasteiger partial charge in [0.05, 0.1) is 43.7 Å². The highest BCUT2D eigenvalue weighted by Gasteiger charge is 2.41. The van der Waals surface area contributed by atoms with E-state index in [0.29, 0.717) is 36.4 Å². The van der Waals surface area contributed by atoms with Gasteiger partial charge in [0.2, 0.25) is 0 Å². The number of aldehydes is 1. The van der Waals surface area contributed by atoms with Gasteiger partial charge in [-0.2, -0.15) is 5.10 Å². The third kappa shape index (κ3) is 5.18. The molecule has 0 spiro atoms. The van der Waals surface area contributed by atoms with E-state index in [1.807, 2.05) is 48.5 Å². The highest BCUT2D eigenvalue weighted by molar-refractivity contribution is 6.30. The van der Waals surface area contributed by atoms with E-state index in [9.17, 15) is 9.59 Å². The predicted molar refractivity (Wildman–Crippen MR) is 131 cm³/mol. The molecule has 0 aliphatic carbocycles. The van der Waals surface area contributed by atoms with E-state index in [-0.39, 0.29) is 11.6 Å². The number of quaternary nitrogens is 1. The minimum Gasteiger partial charge on any atom is -0.379 e. The fraction of sp³-hybridized carbons (Fsp3) is 0.423. The molecule has 2 heterocycles. The first-order valence-corrected chi connectivity index (χ1v) is 12.0. The average Bonchev–Trinajstić information content (AvgIpc) is 3.23. The van der Waals surface area contributed by atoms with Gasteiger partial charge in [-0.15, -0.1) is 0 Å². The van der Waals surface area contributed by atoms with Gasteiger partial charge < -0.3 is 14.0 Å². The predicted octanol–water partition coefficient (Wildman–Crippen LogP) is 3.86. The summed E-state index contributed by atoms with van der Waals surface area (Å²) >= 11 is 6.06. The largest absolute Gasteiger partial charge is 0.379 e. The Morgan fingerprint density at radius 1 is 1.15 bits per heavy atom. The van der Waals surface area contributed by atoms with Crippen LogP contribution in [0.3, 0.4) is 0 Å². The number of aromatic nitrogens is 2. The maximum absolute atomic E-state index is 13.4. The number of halogens is 1. The summed E-state index contributed by atoms with van der Waals surface area (Å²) in [7, 11) is 1.71. The van der Waals surface area contributed by atoms with Crippen LogP contribution in [0.1, 0.15) is 30.5 Å². The molecule has 1 saturated heterocycles. The maximum atomic E-state index is 13.4. The number of rotatable bonds is 10. The van der Waals surface area contributed by atoms with Crippen LogP contribution in [0.4, 0.5) is 0 Å². The lowest BCUT2D eigenvalue weighted by Crippen LogP contribution is -2.56. The molecule has 7 heteroatoms. The first-order valence-electron chi connectivity index (χ1n) is 11.6. The number of nitrogens with zero attached hydrogens (tertiary/aromatic N) is 3. The maximum Gasteiger partial charge on any atom is 0.274 e. The zero-order valence-corrected chi connectivity index (χ0v) is 19.8. The van der Waals surface area contributed by atoms with Gasteiger partial charge in [-0.05, 0) is 23.8 Å². The van der Waals surface area contributed by atoms with Crippen molar-refractivity contribution in [1.29, 1.82) is 0 Å². The summed E-state index contributed by atoms with van der Waals surface area (Å²) in [6, 6.07) is 15.7. The summed E-state index contributed by atoms with van der Waals surface area (Å²) in [5, 5.41) is 7.15. The summed E-state index contributed by atoms with van der Waals surface area (Å²) < 4.78 is 7.85. The molecule has 0 bridgehead atoms. The molecule has 1 aliphatic heterocycles. The minimum absolute atomic E-state index is 0.0578. The number of fused-ring (bicyclic) bond motifs is 1. The van der Waals surface area contributed by atoms with E-state index in [1.54, 1.807) is 11.8 Å². The van der Waals surface area contributed by atoms with E-state index < -0.39 is 0 Å². The van der Waals surface area contributed by atoms with Crippen molar-refractivity contribution in [3.8, 4) is 0 Å². The molecule has 0 N–H and O–H groups in total. The van der Waals surface area contributed by atoms with Crippen molar-refractivity contribution in [3.05, 3.63) is 75.2 Å². The monoisotopic (exact) mass is 468 g/mol. The number of likely N-dealkylation sites (tertiary alicyclic amines) is 1. The van der Waals surface area contributed by atoms with Crippen molar-refractivity contribution in [2.24, 2.45) is 0 Å². The molecule has 1 aliphatic rings. The van der Waals surface area contributed by atoms with Gasteiger partial charge >= 0.3 is 0 Å². The van der Waals surface area contributed by atoms with E-state index in [4.69, 9.17) is 21.4 Å². The summed E-state index contributed by atoms with van der Waals surface area (Å²) in [4.78, 5) is 24.6. The highest BCUT2D eigenvalue weighted by Crippen LogP contribution is 2.29.